The van der Waals surface area contributed by atoms with Gasteiger partial charge in [-0.15, -0.1) is 0 Å². The summed E-state index contributed by atoms with van der Waals surface area (Å²) >= 11 is 18.4. The Morgan fingerprint density at radius 3 is 2.52 bits per heavy atom. The Bertz CT molecular complexity index is 723. The van der Waals surface area contributed by atoms with Crippen LogP contribution in [0.25, 0.3) is 0 Å². The van der Waals surface area contributed by atoms with E-state index in [4.69, 9.17) is 44.3 Å². The van der Waals surface area contributed by atoms with Gasteiger partial charge in [0.15, 0.2) is 11.5 Å². The van der Waals surface area contributed by atoms with Crippen LogP contribution >= 0.6 is 34.8 Å². The summed E-state index contributed by atoms with van der Waals surface area (Å²) in [6, 6.07) is 8.87. The fraction of sp³-hybridized carbons (Fsp3) is 0.333. The van der Waals surface area contributed by atoms with E-state index in [-0.39, 0.29) is 6.61 Å². The first-order valence-corrected chi connectivity index (χ1v) is 8.86. The summed E-state index contributed by atoms with van der Waals surface area (Å²) in [6.07, 6.45) is -0.413. The Kier molecular flexibility index (Phi) is 7.66. The van der Waals surface area contributed by atoms with E-state index in [2.05, 4.69) is 5.32 Å². The maximum Gasteiger partial charge on any atom is 0.180 e. The summed E-state index contributed by atoms with van der Waals surface area (Å²) in [6.45, 7) is 3.02. The van der Waals surface area contributed by atoms with Gasteiger partial charge in [-0.2, -0.15) is 0 Å². The van der Waals surface area contributed by atoms with Crippen LogP contribution in [0.3, 0.4) is 0 Å². The van der Waals surface area contributed by atoms with E-state index < -0.39 is 6.10 Å². The lowest BCUT2D eigenvalue weighted by Crippen LogP contribution is -2.23. The maximum atomic E-state index is 9.30. The van der Waals surface area contributed by atoms with E-state index in [1.807, 2.05) is 6.07 Å². The van der Waals surface area contributed by atoms with Gasteiger partial charge in [-0.25, -0.2) is 0 Å². The van der Waals surface area contributed by atoms with Crippen molar-refractivity contribution in [2.45, 2.75) is 26.2 Å². The van der Waals surface area contributed by atoms with Crippen LogP contribution in [0.15, 0.2) is 30.3 Å². The SMILES string of the molecule is COc1cc(CNC[C@@H](C)O)cc(Cl)c1OCc1ccc(Cl)cc1Cl. The molecule has 7 heteroatoms. The first-order chi connectivity index (χ1) is 11.9. The monoisotopic (exact) mass is 403 g/mol. The highest BCUT2D eigenvalue weighted by Crippen LogP contribution is 2.37. The molecule has 2 rings (SSSR count). The first kappa shape index (κ1) is 20.1. The van der Waals surface area contributed by atoms with Crippen molar-refractivity contribution in [1.82, 2.24) is 5.32 Å². The molecule has 0 heterocycles. The van der Waals surface area contributed by atoms with Gasteiger partial charge < -0.3 is 19.9 Å². The Morgan fingerprint density at radius 2 is 1.88 bits per heavy atom. The number of aliphatic hydroxyl groups excluding tert-OH is 1. The third kappa shape index (κ3) is 5.94. The quantitative estimate of drug-likeness (QED) is 0.669. The Hall–Kier alpha value is -1.17. The van der Waals surface area contributed by atoms with Crippen molar-refractivity contribution in [3.63, 3.8) is 0 Å². The summed E-state index contributed by atoms with van der Waals surface area (Å²) in [5, 5.41) is 14.0. The van der Waals surface area contributed by atoms with Crippen molar-refractivity contribution in [3.05, 3.63) is 56.5 Å². The highest BCUT2D eigenvalue weighted by molar-refractivity contribution is 6.35. The average Bonchev–Trinajstić information content (AvgIpc) is 2.54. The molecule has 0 bridgehead atoms. The molecule has 25 heavy (non-hydrogen) atoms. The zero-order valence-electron chi connectivity index (χ0n) is 14.0. The lowest BCUT2D eigenvalue weighted by atomic mass is 10.2. The molecule has 4 nitrogen and oxygen atoms in total. The zero-order chi connectivity index (χ0) is 18.4. The summed E-state index contributed by atoms with van der Waals surface area (Å²) in [4.78, 5) is 0. The molecule has 0 fully saturated rings. The topological polar surface area (TPSA) is 50.7 Å². The molecule has 0 unspecified atom stereocenters. The van der Waals surface area contributed by atoms with Crippen molar-refractivity contribution < 1.29 is 14.6 Å². The fourth-order valence-electron chi connectivity index (χ4n) is 2.23. The van der Waals surface area contributed by atoms with Crippen LogP contribution in [0, 0.1) is 0 Å². The number of benzene rings is 2. The highest BCUT2D eigenvalue weighted by Gasteiger charge is 2.13. The van der Waals surface area contributed by atoms with Gasteiger partial charge >= 0.3 is 0 Å². The van der Waals surface area contributed by atoms with Crippen LogP contribution in [-0.2, 0) is 13.2 Å². The molecule has 0 aliphatic rings. The number of hydrogen-bond donors (Lipinski definition) is 2. The van der Waals surface area contributed by atoms with Gasteiger partial charge in [0.05, 0.1) is 18.2 Å². The van der Waals surface area contributed by atoms with Crippen LogP contribution in [0.1, 0.15) is 18.1 Å². The molecule has 0 saturated carbocycles. The number of rotatable bonds is 8. The smallest absolute Gasteiger partial charge is 0.180 e. The molecular formula is C18H20Cl3NO3. The Balaban J connectivity index is 2.11. The molecule has 0 aliphatic carbocycles. The van der Waals surface area contributed by atoms with Crippen molar-refractivity contribution in [2.75, 3.05) is 13.7 Å². The van der Waals surface area contributed by atoms with E-state index >= 15 is 0 Å². The molecule has 0 aliphatic heterocycles. The van der Waals surface area contributed by atoms with Crippen LogP contribution in [0.5, 0.6) is 11.5 Å². The van der Waals surface area contributed by atoms with Gasteiger partial charge in [-0.05, 0) is 36.8 Å². The molecule has 0 spiro atoms. The molecule has 1 atom stereocenters. The van der Waals surface area contributed by atoms with E-state index in [9.17, 15) is 5.11 Å². The minimum absolute atomic E-state index is 0.242. The minimum atomic E-state index is -0.413. The Morgan fingerprint density at radius 1 is 1.12 bits per heavy atom. The lowest BCUT2D eigenvalue weighted by molar-refractivity contribution is 0.191. The highest BCUT2D eigenvalue weighted by atomic mass is 35.5. The van der Waals surface area contributed by atoms with E-state index in [0.717, 1.165) is 11.1 Å². The predicted octanol–water partition coefficient (Wildman–Crippen LogP) is 4.70. The van der Waals surface area contributed by atoms with Gasteiger partial charge in [0.2, 0.25) is 0 Å². The molecule has 2 aromatic rings. The molecule has 0 amide bonds. The van der Waals surface area contributed by atoms with Gasteiger partial charge in [0, 0.05) is 28.7 Å². The number of hydrogen-bond acceptors (Lipinski definition) is 4. The summed E-state index contributed by atoms with van der Waals surface area (Å²) in [5.74, 6) is 0.987. The van der Waals surface area contributed by atoms with Crippen LogP contribution in [0.4, 0.5) is 0 Å². The number of nitrogens with one attached hydrogen (secondary N) is 1. The second kappa shape index (κ2) is 9.51. The summed E-state index contributed by atoms with van der Waals surface area (Å²) in [7, 11) is 1.56. The normalized spacial score (nSPS) is 12.1. The third-order valence-electron chi connectivity index (χ3n) is 3.45. The predicted molar refractivity (Wildman–Crippen MR) is 102 cm³/mol. The number of ether oxygens (including phenoxy) is 2. The summed E-state index contributed by atoms with van der Waals surface area (Å²) < 4.78 is 11.2. The molecule has 2 aromatic carbocycles. The molecule has 0 aromatic heterocycles. The van der Waals surface area contributed by atoms with E-state index in [1.54, 1.807) is 38.3 Å². The van der Waals surface area contributed by atoms with Crippen LogP contribution in [0.2, 0.25) is 15.1 Å². The fourth-order valence-corrected chi connectivity index (χ4v) is 2.98. The van der Waals surface area contributed by atoms with Gasteiger partial charge in [-0.1, -0.05) is 40.9 Å². The van der Waals surface area contributed by atoms with Crippen LogP contribution < -0.4 is 14.8 Å². The van der Waals surface area contributed by atoms with Gasteiger partial charge in [0.1, 0.15) is 6.61 Å². The third-order valence-corrected chi connectivity index (χ3v) is 4.31. The van der Waals surface area contributed by atoms with Gasteiger partial charge in [0.25, 0.3) is 0 Å². The van der Waals surface area contributed by atoms with E-state index in [1.165, 1.54) is 0 Å². The molecule has 136 valence electrons. The standard InChI is InChI=1S/C18H20Cl3NO3/c1-11(23)8-22-9-12-5-16(21)18(17(6-12)24-2)25-10-13-3-4-14(19)7-15(13)20/h3-7,11,22-23H,8-10H2,1-2H3/t11-/m1/s1. The van der Waals surface area contributed by atoms with Crippen molar-refractivity contribution in [1.29, 1.82) is 0 Å². The first-order valence-electron chi connectivity index (χ1n) is 7.72. The lowest BCUT2D eigenvalue weighted by Gasteiger charge is -2.15. The zero-order valence-corrected chi connectivity index (χ0v) is 16.3. The maximum absolute atomic E-state index is 9.30. The Labute approximate surface area is 162 Å². The van der Waals surface area contributed by atoms with E-state index in [0.29, 0.717) is 39.7 Å². The van der Waals surface area contributed by atoms with Gasteiger partial charge in [-0.3, -0.25) is 0 Å². The molecular weight excluding hydrogens is 385 g/mol. The second-order valence-electron chi connectivity index (χ2n) is 5.61. The van der Waals surface area contributed by atoms with Crippen molar-refractivity contribution in [3.8, 4) is 11.5 Å². The van der Waals surface area contributed by atoms with Crippen molar-refractivity contribution >= 4 is 34.8 Å². The van der Waals surface area contributed by atoms with Crippen LogP contribution in [-0.4, -0.2) is 24.9 Å². The minimum Gasteiger partial charge on any atom is -0.493 e. The average molecular weight is 405 g/mol. The second-order valence-corrected chi connectivity index (χ2v) is 6.86. The number of halogens is 3. The summed E-state index contributed by atoms with van der Waals surface area (Å²) in [5.41, 5.74) is 1.73. The number of aliphatic hydroxyl groups is 1. The largest absolute Gasteiger partial charge is 0.493 e. The molecule has 0 saturated heterocycles. The van der Waals surface area contributed by atoms with Crippen molar-refractivity contribution in [2.24, 2.45) is 0 Å². The number of methoxy groups -OCH3 is 1. The molecule has 2 N–H and O–H groups in total. The molecule has 0 radical (unpaired) electrons.